The fourth-order valence-electron chi connectivity index (χ4n) is 6.23. The van der Waals surface area contributed by atoms with E-state index in [1.807, 2.05) is 30.3 Å². The third-order valence-corrected chi connectivity index (χ3v) is 8.10. The summed E-state index contributed by atoms with van der Waals surface area (Å²) in [6.07, 6.45) is 4.81. The van der Waals surface area contributed by atoms with Gasteiger partial charge in [0.25, 0.3) is 5.91 Å². The van der Waals surface area contributed by atoms with Crippen molar-refractivity contribution in [3.63, 3.8) is 0 Å². The molecule has 33 heavy (non-hydrogen) atoms. The Kier molecular flexibility index (Phi) is 6.32. The van der Waals surface area contributed by atoms with Gasteiger partial charge < -0.3 is 10.6 Å². The van der Waals surface area contributed by atoms with E-state index in [0.717, 1.165) is 18.3 Å². The quantitative estimate of drug-likeness (QED) is 0.506. The predicted molar refractivity (Wildman–Crippen MR) is 134 cm³/mol. The standard InChI is InChI=1S/C30H34N2O/c1-22-24-17-18-28(22)32-27(19-24)20-30(25-13-7-3-8-14-25,26-15-9-4-10-16-26)21-31-29(33)23-11-5-2-6-12-23/h2-16,22,24,27-28,32H,17-21H2,1H3,(H,31,33). The van der Waals surface area contributed by atoms with Crippen LogP contribution in [0.25, 0.3) is 0 Å². The van der Waals surface area contributed by atoms with E-state index in [9.17, 15) is 4.79 Å². The van der Waals surface area contributed by atoms with Gasteiger partial charge in [-0.15, -0.1) is 0 Å². The minimum Gasteiger partial charge on any atom is -0.351 e. The first-order valence-corrected chi connectivity index (χ1v) is 12.4. The van der Waals surface area contributed by atoms with Crippen LogP contribution in [-0.2, 0) is 5.41 Å². The molecule has 0 aromatic heterocycles. The van der Waals surface area contributed by atoms with Gasteiger partial charge in [-0.25, -0.2) is 0 Å². The van der Waals surface area contributed by atoms with Crippen molar-refractivity contribution >= 4 is 5.91 Å². The van der Waals surface area contributed by atoms with Crippen LogP contribution in [0.2, 0.25) is 0 Å². The van der Waals surface area contributed by atoms with E-state index >= 15 is 0 Å². The maximum Gasteiger partial charge on any atom is 0.251 e. The largest absolute Gasteiger partial charge is 0.351 e. The van der Waals surface area contributed by atoms with E-state index < -0.39 is 0 Å². The van der Waals surface area contributed by atoms with Gasteiger partial charge >= 0.3 is 0 Å². The predicted octanol–water partition coefficient (Wildman–Crippen LogP) is 5.57. The highest BCUT2D eigenvalue weighted by atomic mass is 16.1. The summed E-state index contributed by atoms with van der Waals surface area (Å²) in [5.41, 5.74) is 2.93. The monoisotopic (exact) mass is 438 g/mol. The second kappa shape index (κ2) is 9.52. The van der Waals surface area contributed by atoms with Crippen LogP contribution in [0.4, 0.5) is 0 Å². The van der Waals surface area contributed by atoms with Crippen molar-refractivity contribution in [2.24, 2.45) is 11.8 Å². The molecule has 2 fully saturated rings. The topological polar surface area (TPSA) is 41.1 Å². The Labute approximate surface area is 197 Å². The number of rotatable bonds is 7. The highest BCUT2D eigenvalue weighted by molar-refractivity contribution is 5.94. The maximum absolute atomic E-state index is 13.1. The minimum atomic E-state index is -0.301. The van der Waals surface area contributed by atoms with Crippen LogP contribution in [0, 0.1) is 11.8 Å². The summed E-state index contributed by atoms with van der Waals surface area (Å²) in [5, 5.41) is 7.30. The van der Waals surface area contributed by atoms with Crippen molar-refractivity contribution in [2.75, 3.05) is 6.54 Å². The van der Waals surface area contributed by atoms with Crippen molar-refractivity contribution in [3.05, 3.63) is 108 Å². The number of fused-ring (bicyclic) bond motifs is 2. The minimum absolute atomic E-state index is 0.0165. The molecule has 1 heterocycles. The van der Waals surface area contributed by atoms with Crippen LogP contribution in [0.3, 0.4) is 0 Å². The molecule has 3 heteroatoms. The van der Waals surface area contributed by atoms with Crippen molar-refractivity contribution in [2.45, 2.75) is 50.1 Å². The number of hydrogen-bond acceptors (Lipinski definition) is 2. The summed E-state index contributed by atoms with van der Waals surface area (Å²) in [6.45, 7) is 2.98. The van der Waals surface area contributed by atoms with E-state index in [1.165, 1.54) is 30.4 Å². The van der Waals surface area contributed by atoms with E-state index in [0.29, 0.717) is 24.2 Å². The molecule has 2 aliphatic rings. The Balaban J connectivity index is 1.50. The van der Waals surface area contributed by atoms with Crippen molar-refractivity contribution in [1.82, 2.24) is 10.6 Å². The lowest BCUT2D eigenvalue weighted by molar-refractivity contribution is 0.0942. The number of carbonyl (C=O) groups is 1. The number of hydrogen-bond donors (Lipinski definition) is 2. The highest BCUT2D eigenvalue weighted by Crippen LogP contribution is 2.44. The first-order valence-electron chi connectivity index (χ1n) is 12.4. The molecule has 4 atom stereocenters. The average molecular weight is 439 g/mol. The number of benzene rings is 3. The molecular weight excluding hydrogens is 404 g/mol. The Hall–Kier alpha value is -2.91. The second-order valence-electron chi connectivity index (χ2n) is 9.97. The summed E-state index contributed by atoms with van der Waals surface area (Å²) >= 11 is 0. The Morgan fingerprint density at radius 1 is 0.879 bits per heavy atom. The molecule has 1 saturated carbocycles. The molecule has 2 bridgehead atoms. The SMILES string of the molecule is CC1C2CCC1NC(CC(CNC(=O)c1ccccc1)(c1ccccc1)c1ccccc1)C2. The third-order valence-electron chi connectivity index (χ3n) is 8.10. The zero-order chi connectivity index (χ0) is 22.7. The molecule has 1 aliphatic carbocycles. The molecule has 1 amide bonds. The summed E-state index contributed by atoms with van der Waals surface area (Å²) < 4.78 is 0. The van der Waals surface area contributed by atoms with Gasteiger partial charge in [-0.3, -0.25) is 4.79 Å². The fraction of sp³-hybridized carbons (Fsp3) is 0.367. The molecule has 2 N–H and O–H groups in total. The Bertz CT molecular complexity index is 997. The lowest BCUT2D eigenvalue weighted by Crippen LogP contribution is -2.51. The first-order chi connectivity index (χ1) is 16.2. The van der Waals surface area contributed by atoms with Gasteiger partial charge in [-0.1, -0.05) is 85.8 Å². The zero-order valence-electron chi connectivity index (χ0n) is 19.4. The van der Waals surface area contributed by atoms with Crippen LogP contribution in [-0.4, -0.2) is 24.5 Å². The van der Waals surface area contributed by atoms with Crippen molar-refractivity contribution in [3.8, 4) is 0 Å². The average Bonchev–Trinajstić information content (AvgIpc) is 3.07. The number of piperidine rings is 1. The van der Waals surface area contributed by atoms with Crippen molar-refractivity contribution in [1.29, 1.82) is 0 Å². The van der Waals surface area contributed by atoms with Crippen LogP contribution in [0.5, 0.6) is 0 Å². The van der Waals surface area contributed by atoms with Gasteiger partial charge in [-0.05, 0) is 60.8 Å². The molecule has 1 aliphatic heterocycles. The van der Waals surface area contributed by atoms with E-state index in [1.54, 1.807) is 0 Å². The van der Waals surface area contributed by atoms with Crippen molar-refractivity contribution < 1.29 is 4.79 Å². The molecule has 3 aromatic rings. The maximum atomic E-state index is 13.1. The van der Waals surface area contributed by atoms with E-state index in [2.05, 4.69) is 78.2 Å². The molecule has 5 rings (SSSR count). The number of nitrogens with one attached hydrogen (secondary N) is 2. The van der Waals surface area contributed by atoms with Gasteiger partial charge in [0.2, 0.25) is 0 Å². The lowest BCUT2D eigenvalue weighted by atomic mass is 9.68. The normalized spacial score (nSPS) is 24.4. The third kappa shape index (κ3) is 4.47. The molecule has 3 aromatic carbocycles. The smallest absolute Gasteiger partial charge is 0.251 e. The summed E-state index contributed by atoms with van der Waals surface area (Å²) in [4.78, 5) is 13.1. The van der Waals surface area contributed by atoms with E-state index in [4.69, 9.17) is 0 Å². The number of carbonyl (C=O) groups excluding carboxylic acids is 1. The Morgan fingerprint density at radius 3 is 2.03 bits per heavy atom. The van der Waals surface area contributed by atoms with Gasteiger partial charge in [0, 0.05) is 29.6 Å². The van der Waals surface area contributed by atoms with Crippen LogP contribution in [0.1, 0.15) is 54.1 Å². The summed E-state index contributed by atoms with van der Waals surface area (Å²) in [6, 6.07) is 32.1. The van der Waals surface area contributed by atoms with E-state index in [-0.39, 0.29) is 11.3 Å². The molecular formula is C30H34N2O. The molecule has 0 spiro atoms. The molecule has 1 saturated heterocycles. The highest BCUT2D eigenvalue weighted by Gasteiger charge is 2.44. The van der Waals surface area contributed by atoms with Crippen LogP contribution < -0.4 is 10.6 Å². The van der Waals surface area contributed by atoms with Gasteiger partial charge in [-0.2, -0.15) is 0 Å². The van der Waals surface area contributed by atoms with Crippen LogP contribution >= 0.6 is 0 Å². The fourth-order valence-corrected chi connectivity index (χ4v) is 6.23. The molecule has 0 radical (unpaired) electrons. The summed E-state index contributed by atoms with van der Waals surface area (Å²) in [7, 11) is 0. The van der Waals surface area contributed by atoms with Gasteiger partial charge in [0.1, 0.15) is 0 Å². The zero-order valence-corrected chi connectivity index (χ0v) is 19.4. The second-order valence-corrected chi connectivity index (χ2v) is 9.97. The molecule has 4 unspecified atom stereocenters. The number of amides is 1. The lowest BCUT2D eigenvalue weighted by Gasteiger charge is -2.42. The first kappa shape index (κ1) is 21.9. The van der Waals surface area contributed by atoms with Crippen LogP contribution in [0.15, 0.2) is 91.0 Å². The molecule has 3 nitrogen and oxygen atoms in total. The summed E-state index contributed by atoms with van der Waals surface area (Å²) in [5.74, 6) is 1.56. The molecule has 170 valence electrons. The van der Waals surface area contributed by atoms with Gasteiger partial charge in [0.15, 0.2) is 0 Å². The van der Waals surface area contributed by atoms with Gasteiger partial charge in [0.05, 0.1) is 0 Å². The Morgan fingerprint density at radius 2 is 1.45 bits per heavy atom.